The van der Waals surface area contributed by atoms with Gasteiger partial charge in [0.05, 0.1) is 26.1 Å². The molecule has 0 bridgehead atoms. The van der Waals surface area contributed by atoms with E-state index in [0.717, 1.165) is 5.39 Å². The van der Waals surface area contributed by atoms with Crippen molar-refractivity contribution in [3.05, 3.63) is 48.8 Å². The van der Waals surface area contributed by atoms with E-state index < -0.39 is 56.5 Å². The minimum atomic E-state index is -4.35. The summed E-state index contributed by atoms with van der Waals surface area (Å²) in [5.41, 5.74) is 4.39. The zero-order valence-electron chi connectivity index (χ0n) is 24.8. The number of aliphatic hydroxyl groups is 2. The number of carbonyl (C=O) groups is 1. The molecule has 15 nitrogen and oxygen atoms in total. The second-order valence-electron chi connectivity index (χ2n) is 10.8. The number of esters is 1. The number of benzene rings is 2. The number of methoxy groups -OCH3 is 1. The SMILES string of the molecule is COc1nc(N)nc2c1ncn2[C@@H]1O[C@H](COP(=O)(N[C@@H](C)C(=O)OC(C)C)Oc2cccc3ccccc23)[C@@H](O)[C@@]1(C)O. The Morgan fingerprint density at radius 3 is 2.66 bits per heavy atom. The quantitative estimate of drug-likeness (QED) is 0.139. The lowest BCUT2D eigenvalue weighted by molar-refractivity contribution is -0.149. The highest BCUT2D eigenvalue weighted by Gasteiger charge is 2.54. The topological polar surface area (TPSA) is 202 Å². The van der Waals surface area contributed by atoms with Crippen LogP contribution in [0.3, 0.4) is 0 Å². The lowest BCUT2D eigenvalue weighted by atomic mass is 9.96. The molecule has 1 unspecified atom stereocenters. The van der Waals surface area contributed by atoms with Crippen LogP contribution in [0, 0.1) is 0 Å². The number of nitrogens with zero attached hydrogens (tertiary/aromatic N) is 4. The fourth-order valence-corrected chi connectivity index (χ4v) is 6.41. The number of nitrogen functional groups attached to an aromatic ring is 1. The van der Waals surface area contributed by atoms with Gasteiger partial charge in [0, 0.05) is 5.39 Å². The summed E-state index contributed by atoms with van der Waals surface area (Å²) in [7, 11) is -2.95. The number of ether oxygens (including phenoxy) is 3. The highest BCUT2D eigenvalue weighted by molar-refractivity contribution is 7.52. The van der Waals surface area contributed by atoms with Gasteiger partial charge in [0.25, 0.3) is 0 Å². The lowest BCUT2D eigenvalue weighted by Gasteiger charge is -2.27. The Morgan fingerprint density at radius 2 is 1.93 bits per heavy atom. The molecule has 1 fully saturated rings. The summed E-state index contributed by atoms with van der Waals surface area (Å²) in [6, 6.07) is 11.4. The Labute approximate surface area is 252 Å². The predicted molar refractivity (Wildman–Crippen MR) is 159 cm³/mol. The molecule has 1 saturated heterocycles. The summed E-state index contributed by atoms with van der Waals surface area (Å²) in [4.78, 5) is 25.0. The van der Waals surface area contributed by atoms with Crippen LogP contribution >= 0.6 is 7.75 Å². The largest absolute Gasteiger partial charge is 0.479 e. The van der Waals surface area contributed by atoms with Gasteiger partial charge in [0.2, 0.25) is 11.8 Å². The molecule has 2 aromatic heterocycles. The van der Waals surface area contributed by atoms with E-state index in [1.165, 1.54) is 31.9 Å². The van der Waals surface area contributed by atoms with E-state index in [1.807, 2.05) is 18.2 Å². The van der Waals surface area contributed by atoms with Crippen LogP contribution in [0.1, 0.15) is 33.9 Å². The molecular weight excluding hydrogens is 595 g/mol. The van der Waals surface area contributed by atoms with Gasteiger partial charge in [0.1, 0.15) is 29.6 Å². The number of aliphatic hydroxyl groups excluding tert-OH is 1. The van der Waals surface area contributed by atoms with Gasteiger partial charge in [-0.2, -0.15) is 15.1 Å². The van der Waals surface area contributed by atoms with Gasteiger partial charge in [-0.1, -0.05) is 36.4 Å². The van der Waals surface area contributed by atoms with E-state index in [9.17, 15) is 19.6 Å². The summed E-state index contributed by atoms with van der Waals surface area (Å²) in [5.74, 6) is -0.421. The van der Waals surface area contributed by atoms with Crippen LogP contribution in [0.15, 0.2) is 48.8 Å². The monoisotopic (exact) mass is 630 g/mol. The molecule has 0 aliphatic carbocycles. The molecule has 0 radical (unpaired) electrons. The van der Waals surface area contributed by atoms with Gasteiger partial charge in [-0.05, 0) is 39.1 Å². The molecule has 44 heavy (non-hydrogen) atoms. The third-order valence-electron chi connectivity index (χ3n) is 7.04. The number of carbonyl (C=O) groups excluding carboxylic acids is 1. The lowest BCUT2D eigenvalue weighted by Crippen LogP contribution is -2.44. The molecule has 5 N–H and O–H groups in total. The molecule has 0 spiro atoms. The molecule has 1 aliphatic rings. The first-order valence-corrected chi connectivity index (χ1v) is 15.4. The van der Waals surface area contributed by atoms with E-state index in [-0.39, 0.29) is 28.7 Å². The first-order chi connectivity index (χ1) is 20.8. The highest BCUT2D eigenvalue weighted by Crippen LogP contribution is 2.48. The van der Waals surface area contributed by atoms with E-state index in [4.69, 9.17) is 29.0 Å². The maximum atomic E-state index is 14.2. The van der Waals surface area contributed by atoms with Crippen LogP contribution in [0.2, 0.25) is 0 Å². The standard InChI is InChI=1S/C28H35N6O9P/c1-15(2)41-25(36)16(3)33-44(38,43-19-12-8-10-17-9-6-7-11-18(17)19)40-13-20-22(35)28(4,37)26(42-20)34-14-30-21-23(34)31-27(29)32-24(21)39-5/h6-12,14-16,20,22,26,35,37H,13H2,1-5H3,(H,33,38)(H2,29,31,32)/t16-,20+,22+,26+,28+,44?/m0/s1. The predicted octanol–water partition coefficient (Wildman–Crippen LogP) is 2.71. The van der Waals surface area contributed by atoms with Crippen LogP contribution in [0.5, 0.6) is 11.6 Å². The van der Waals surface area contributed by atoms with Crippen molar-refractivity contribution >= 4 is 41.6 Å². The molecule has 0 saturated carbocycles. The summed E-state index contributed by atoms with van der Waals surface area (Å²) in [6.45, 7) is 5.69. The Kier molecular flexibility index (Phi) is 8.80. The summed E-state index contributed by atoms with van der Waals surface area (Å²) in [5, 5.41) is 26.6. The van der Waals surface area contributed by atoms with Gasteiger partial charge in [-0.15, -0.1) is 0 Å². The van der Waals surface area contributed by atoms with E-state index in [2.05, 4.69) is 20.0 Å². The molecule has 1 aliphatic heterocycles. The highest BCUT2D eigenvalue weighted by atomic mass is 31.2. The second kappa shape index (κ2) is 12.3. The first kappa shape index (κ1) is 31.6. The van der Waals surface area contributed by atoms with Crippen molar-refractivity contribution in [1.29, 1.82) is 0 Å². The Balaban J connectivity index is 1.42. The minimum Gasteiger partial charge on any atom is -0.479 e. The van der Waals surface area contributed by atoms with Gasteiger partial charge < -0.3 is 34.7 Å². The molecule has 5 rings (SSSR count). The third-order valence-corrected chi connectivity index (χ3v) is 8.67. The zero-order chi connectivity index (χ0) is 31.8. The Bertz CT molecular complexity index is 1710. The number of hydrogen-bond donors (Lipinski definition) is 4. The fourth-order valence-electron chi connectivity index (χ4n) is 4.89. The van der Waals surface area contributed by atoms with Gasteiger partial charge in [-0.25, -0.2) is 9.55 Å². The maximum absolute atomic E-state index is 14.2. The van der Waals surface area contributed by atoms with Crippen molar-refractivity contribution < 1.29 is 42.8 Å². The van der Waals surface area contributed by atoms with Gasteiger partial charge in [0.15, 0.2) is 17.4 Å². The molecule has 0 amide bonds. The summed E-state index contributed by atoms with van der Waals surface area (Å²) < 4.78 is 43.9. The molecular formula is C28H35N6O9P. The minimum absolute atomic E-state index is 0.100. The number of nitrogens with two attached hydrogens (primary N) is 1. The van der Waals surface area contributed by atoms with Crippen molar-refractivity contribution in [3.63, 3.8) is 0 Å². The van der Waals surface area contributed by atoms with Gasteiger partial charge >= 0.3 is 13.7 Å². The van der Waals surface area contributed by atoms with Crippen molar-refractivity contribution in [2.45, 2.75) is 63.9 Å². The maximum Gasteiger partial charge on any atom is 0.459 e. The van der Waals surface area contributed by atoms with Crippen LogP contribution in [0.25, 0.3) is 21.9 Å². The number of hydrogen-bond acceptors (Lipinski definition) is 13. The van der Waals surface area contributed by atoms with Crippen molar-refractivity contribution in [2.75, 3.05) is 19.5 Å². The number of nitrogens with one attached hydrogen (secondary N) is 1. The van der Waals surface area contributed by atoms with Crippen molar-refractivity contribution in [2.24, 2.45) is 0 Å². The summed E-state index contributed by atoms with van der Waals surface area (Å²) >= 11 is 0. The molecule has 16 heteroatoms. The average Bonchev–Trinajstić information content (AvgIpc) is 3.48. The van der Waals surface area contributed by atoms with Gasteiger partial charge in [-0.3, -0.25) is 13.9 Å². The van der Waals surface area contributed by atoms with Crippen LogP contribution in [-0.4, -0.2) is 79.4 Å². The van der Waals surface area contributed by atoms with Crippen LogP contribution < -0.4 is 20.1 Å². The molecule has 236 valence electrons. The average molecular weight is 631 g/mol. The van der Waals surface area contributed by atoms with Crippen molar-refractivity contribution in [3.8, 4) is 11.6 Å². The number of fused-ring (bicyclic) bond motifs is 2. The smallest absolute Gasteiger partial charge is 0.459 e. The third kappa shape index (κ3) is 6.20. The zero-order valence-corrected chi connectivity index (χ0v) is 25.7. The van der Waals surface area contributed by atoms with E-state index in [1.54, 1.807) is 38.1 Å². The molecule has 4 aromatic rings. The van der Waals surface area contributed by atoms with Crippen LogP contribution in [0.4, 0.5) is 5.95 Å². The normalized spacial score (nSPS) is 24.0. The summed E-state index contributed by atoms with van der Waals surface area (Å²) in [6.07, 6.45) is -3.03. The van der Waals surface area contributed by atoms with Crippen molar-refractivity contribution in [1.82, 2.24) is 24.6 Å². The second-order valence-corrected chi connectivity index (χ2v) is 12.5. The number of aromatic nitrogens is 4. The van der Waals surface area contributed by atoms with Crippen LogP contribution in [-0.2, 0) is 23.4 Å². The fraction of sp³-hybridized carbons (Fsp3) is 0.429. The van der Waals surface area contributed by atoms with E-state index >= 15 is 0 Å². The molecule has 2 aromatic carbocycles. The molecule has 6 atom stereocenters. The first-order valence-electron chi connectivity index (χ1n) is 13.8. The molecule has 3 heterocycles. The Hall–Kier alpha value is -3.85. The number of rotatable bonds is 11. The number of anilines is 1. The Morgan fingerprint density at radius 1 is 1.20 bits per heavy atom. The number of imidazole rings is 1. The van der Waals surface area contributed by atoms with E-state index in [0.29, 0.717) is 5.39 Å².